The number of carbonyl (C=O) groups is 1. The van der Waals surface area contributed by atoms with Crippen LogP contribution >= 0.6 is 11.6 Å². The van der Waals surface area contributed by atoms with E-state index in [2.05, 4.69) is 32.3 Å². The van der Waals surface area contributed by atoms with Gasteiger partial charge >= 0.3 is 0 Å². The smallest absolute Gasteiger partial charge is 0.255 e. The molecule has 0 atom stereocenters. The van der Waals surface area contributed by atoms with Gasteiger partial charge in [0.25, 0.3) is 5.91 Å². The van der Waals surface area contributed by atoms with E-state index in [0.29, 0.717) is 22.3 Å². The van der Waals surface area contributed by atoms with E-state index in [-0.39, 0.29) is 5.91 Å². The van der Waals surface area contributed by atoms with Gasteiger partial charge in [-0.05, 0) is 67.1 Å². The summed E-state index contributed by atoms with van der Waals surface area (Å²) in [5.74, 6) is 0.953. The van der Waals surface area contributed by atoms with Crippen LogP contribution < -0.4 is 10.2 Å². The molecule has 0 spiro atoms. The number of benzene rings is 3. The van der Waals surface area contributed by atoms with Gasteiger partial charge < -0.3 is 19.6 Å². The molecule has 0 radical (unpaired) electrons. The maximum atomic E-state index is 13.0. The topological polar surface area (TPSA) is 74.5 Å². The number of rotatable bonds is 5. The molecule has 184 valence electrons. The van der Waals surface area contributed by atoms with Crippen LogP contribution in [0, 0.1) is 13.8 Å². The number of likely N-dealkylation sites (N-methyl/N-ethyl adjacent to an activating group) is 1. The van der Waals surface area contributed by atoms with Crippen LogP contribution in [0.4, 0.5) is 11.4 Å². The van der Waals surface area contributed by atoms with Crippen molar-refractivity contribution < 1.29 is 9.32 Å². The molecule has 1 N–H and O–H groups in total. The molecule has 1 aliphatic heterocycles. The molecule has 0 aliphatic carbocycles. The predicted molar refractivity (Wildman–Crippen MR) is 144 cm³/mol. The summed E-state index contributed by atoms with van der Waals surface area (Å²) < 4.78 is 5.09. The van der Waals surface area contributed by atoms with Crippen molar-refractivity contribution in [2.24, 2.45) is 0 Å². The number of nitrogens with zero attached hydrogens (tertiary/aromatic N) is 4. The Balaban J connectivity index is 1.29. The lowest BCUT2D eigenvalue weighted by Gasteiger charge is -2.34. The molecule has 36 heavy (non-hydrogen) atoms. The summed E-state index contributed by atoms with van der Waals surface area (Å²) in [5.41, 5.74) is 6.38. The van der Waals surface area contributed by atoms with E-state index < -0.39 is 0 Å². The van der Waals surface area contributed by atoms with Crippen LogP contribution in [0.2, 0.25) is 5.02 Å². The molecule has 1 saturated heterocycles. The molecule has 0 saturated carbocycles. The molecule has 0 bridgehead atoms. The number of piperazine rings is 1. The number of hydrogen-bond donors (Lipinski definition) is 1. The van der Waals surface area contributed by atoms with Crippen LogP contribution in [-0.2, 0) is 0 Å². The fraction of sp³-hybridized carbons (Fsp3) is 0.250. The van der Waals surface area contributed by atoms with E-state index >= 15 is 0 Å². The van der Waals surface area contributed by atoms with Gasteiger partial charge in [0.1, 0.15) is 0 Å². The Labute approximate surface area is 215 Å². The number of halogens is 1. The van der Waals surface area contributed by atoms with E-state index in [1.54, 1.807) is 6.92 Å². The van der Waals surface area contributed by atoms with Crippen LogP contribution in [0.25, 0.3) is 22.5 Å². The molecular formula is C28H28ClN5O2. The summed E-state index contributed by atoms with van der Waals surface area (Å²) in [5, 5.41) is 7.70. The van der Waals surface area contributed by atoms with Crippen molar-refractivity contribution in [1.29, 1.82) is 0 Å². The van der Waals surface area contributed by atoms with E-state index in [4.69, 9.17) is 16.1 Å². The van der Waals surface area contributed by atoms with Gasteiger partial charge in [-0.3, -0.25) is 4.79 Å². The van der Waals surface area contributed by atoms with Crippen LogP contribution in [0.5, 0.6) is 0 Å². The number of carbonyl (C=O) groups excluding carboxylic acids is 1. The van der Waals surface area contributed by atoms with Gasteiger partial charge in [-0.15, -0.1) is 0 Å². The molecule has 1 aromatic heterocycles. The average Bonchev–Trinajstić information content (AvgIpc) is 3.32. The first-order chi connectivity index (χ1) is 17.4. The first-order valence-corrected chi connectivity index (χ1v) is 12.3. The number of aromatic nitrogens is 2. The number of aryl methyl sites for hydroxylation is 2. The quantitative estimate of drug-likeness (QED) is 0.379. The summed E-state index contributed by atoms with van der Waals surface area (Å²) in [6.07, 6.45) is 0. The largest absolute Gasteiger partial charge is 0.368 e. The third kappa shape index (κ3) is 5.12. The van der Waals surface area contributed by atoms with Crippen molar-refractivity contribution in [2.45, 2.75) is 13.8 Å². The Morgan fingerprint density at radius 2 is 1.67 bits per heavy atom. The summed E-state index contributed by atoms with van der Waals surface area (Å²) in [6, 6.07) is 19.3. The number of amides is 1. The molecule has 3 aromatic carbocycles. The standard InChI is InChI=1S/C28H28ClN5O2/c1-18-16-22(27-30-19(2)36-32-27)8-10-24(18)20-4-6-21(7-5-20)28(35)31-23-9-11-25(29)26(17-23)34-14-12-33(3)13-15-34/h4-11,16-17H,12-15H2,1-3H3,(H,31,35). The molecule has 2 heterocycles. The second-order valence-corrected chi connectivity index (χ2v) is 9.56. The molecule has 4 aromatic rings. The maximum absolute atomic E-state index is 13.0. The summed E-state index contributed by atoms with van der Waals surface area (Å²) in [6.45, 7) is 7.60. The summed E-state index contributed by atoms with van der Waals surface area (Å²) >= 11 is 6.47. The first kappa shape index (κ1) is 24.0. The molecule has 8 heteroatoms. The lowest BCUT2D eigenvalue weighted by Crippen LogP contribution is -2.44. The van der Waals surface area contributed by atoms with Crippen LogP contribution in [0.1, 0.15) is 21.8 Å². The van der Waals surface area contributed by atoms with Gasteiger partial charge in [-0.1, -0.05) is 41.0 Å². The SMILES string of the molecule is Cc1nc(-c2ccc(-c3ccc(C(=O)Nc4ccc(Cl)c(N5CCN(C)CC5)c4)cc3)c(C)c2)no1. The molecule has 1 fully saturated rings. The highest BCUT2D eigenvalue weighted by Crippen LogP contribution is 2.31. The predicted octanol–water partition coefficient (Wildman–Crippen LogP) is 5.68. The molecular weight excluding hydrogens is 474 g/mol. The minimum atomic E-state index is -0.159. The minimum Gasteiger partial charge on any atom is -0.368 e. The fourth-order valence-electron chi connectivity index (χ4n) is 4.43. The van der Waals surface area contributed by atoms with Crippen molar-refractivity contribution >= 4 is 28.9 Å². The lowest BCUT2D eigenvalue weighted by atomic mass is 9.97. The first-order valence-electron chi connectivity index (χ1n) is 11.9. The Kier molecular flexibility index (Phi) is 6.76. The highest BCUT2D eigenvalue weighted by Gasteiger charge is 2.18. The Morgan fingerprint density at radius 1 is 0.944 bits per heavy atom. The molecule has 1 aliphatic rings. The molecule has 7 nitrogen and oxygen atoms in total. The van der Waals surface area contributed by atoms with Crippen molar-refractivity contribution in [3.05, 3.63) is 82.7 Å². The maximum Gasteiger partial charge on any atom is 0.255 e. The van der Waals surface area contributed by atoms with Crippen LogP contribution in [0.15, 0.2) is 65.2 Å². The van der Waals surface area contributed by atoms with Crippen LogP contribution in [-0.4, -0.2) is 54.2 Å². The Morgan fingerprint density at radius 3 is 2.33 bits per heavy atom. The zero-order valence-corrected chi connectivity index (χ0v) is 21.3. The highest BCUT2D eigenvalue weighted by molar-refractivity contribution is 6.33. The number of anilines is 2. The normalized spacial score (nSPS) is 14.2. The van der Waals surface area contributed by atoms with Gasteiger partial charge in [0.2, 0.25) is 11.7 Å². The van der Waals surface area contributed by atoms with Crippen molar-refractivity contribution in [3.63, 3.8) is 0 Å². The number of hydrogen-bond acceptors (Lipinski definition) is 6. The Bertz CT molecular complexity index is 1390. The van der Waals surface area contributed by atoms with Gasteiger partial charge in [0.05, 0.1) is 10.7 Å². The van der Waals surface area contributed by atoms with E-state index in [1.165, 1.54) is 0 Å². The zero-order chi connectivity index (χ0) is 25.2. The van der Waals surface area contributed by atoms with Crippen molar-refractivity contribution in [2.75, 3.05) is 43.4 Å². The van der Waals surface area contributed by atoms with E-state index in [1.807, 2.05) is 67.6 Å². The Hall–Kier alpha value is -3.68. The van der Waals surface area contributed by atoms with Gasteiger partial charge in [0.15, 0.2) is 0 Å². The monoisotopic (exact) mass is 501 g/mol. The fourth-order valence-corrected chi connectivity index (χ4v) is 4.66. The van der Waals surface area contributed by atoms with Crippen molar-refractivity contribution in [1.82, 2.24) is 15.0 Å². The lowest BCUT2D eigenvalue weighted by molar-refractivity contribution is 0.102. The van der Waals surface area contributed by atoms with E-state index in [9.17, 15) is 4.79 Å². The number of nitrogens with one attached hydrogen (secondary N) is 1. The van der Waals surface area contributed by atoms with Gasteiger partial charge in [-0.25, -0.2) is 0 Å². The second kappa shape index (κ2) is 10.1. The second-order valence-electron chi connectivity index (χ2n) is 9.15. The summed E-state index contributed by atoms with van der Waals surface area (Å²) in [7, 11) is 2.12. The summed E-state index contributed by atoms with van der Waals surface area (Å²) in [4.78, 5) is 21.8. The molecule has 1 amide bonds. The third-order valence-electron chi connectivity index (χ3n) is 6.52. The molecule has 5 rings (SSSR count). The van der Waals surface area contributed by atoms with Crippen LogP contribution in [0.3, 0.4) is 0 Å². The van der Waals surface area contributed by atoms with E-state index in [0.717, 1.165) is 59.8 Å². The highest BCUT2D eigenvalue weighted by atomic mass is 35.5. The van der Waals surface area contributed by atoms with Crippen molar-refractivity contribution in [3.8, 4) is 22.5 Å². The molecule has 0 unspecified atom stereocenters. The third-order valence-corrected chi connectivity index (χ3v) is 6.84. The minimum absolute atomic E-state index is 0.159. The van der Waals surface area contributed by atoms with Gasteiger partial charge in [-0.2, -0.15) is 4.98 Å². The average molecular weight is 502 g/mol. The zero-order valence-electron chi connectivity index (χ0n) is 20.6. The van der Waals surface area contributed by atoms with Gasteiger partial charge in [0, 0.05) is 49.9 Å².